The zero-order chi connectivity index (χ0) is 21.8. The van der Waals surface area contributed by atoms with E-state index in [1.165, 1.54) is 12.1 Å². The Morgan fingerprint density at radius 2 is 1.77 bits per heavy atom. The highest BCUT2D eigenvalue weighted by molar-refractivity contribution is 6.42. The summed E-state index contributed by atoms with van der Waals surface area (Å²) < 4.78 is 0. The molecule has 0 bridgehead atoms. The molecule has 1 aliphatic heterocycles. The average Bonchev–Trinajstić information content (AvgIpc) is 2.73. The molecule has 160 valence electrons. The van der Waals surface area contributed by atoms with Crippen molar-refractivity contribution in [2.24, 2.45) is 5.92 Å². The lowest BCUT2D eigenvalue weighted by Gasteiger charge is -2.35. The summed E-state index contributed by atoms with van der Waals surface area (Å²) in [6, 6.07) is 11.2. The van der Waals surface area contributed by atoms with Gasteiger partial charge in [0.05, 0.1) is 10.0 Å². The lowest BCUT2D eigenvalue weighted by Crippen LogP contribution is -2.52. The highest BCUT2D eigenvalue weighted by atomic mass is 35.5. The minimum absolute atomic E-state index is 0.0134. The number of phenolic OH excluding ortho intramolecular Hbond substituents is 1. The molecule has 2 aromatic carbocycles. The summed E-state index contributed by atoms with van der Waals surface area (Å²) in [4.78, 5) is 27.5. The molecule has 2 amide bonds. The van der Waals surface area contributed by atoms with Crippen LogP contribution < -0.4 is 5.32 Å². The number of amides is 2. The number of hydrogen-bond donors (Lipinski definition) is 2. The van der Waals surface area contributed by atoms with Crippen LogP contribution in [0.15, 0.2) is 42.5 Å². The number of carbonyl (C=O) groups is 2. The molecule has 1 heterocycles. The van der Waals surface area contributed by atoms with Crippen molar-refractivity contribution in [3.63, 3.8) is 0 Å². The molecule has 0 spiro atoms. The second-order valence-electron chi connectivity index (χ2n) is 8.02. The Kier molecular flexibility index (Phi) is 7.27. The number of phenols is 1. The van der Waals surface area contributed by atoms with Crippen LogP contribution in [0.2, 0.25) is 10.0 Å². The maximum absolute atomic E-state index is 13.1. The lowest BCUT2D eigenvalue weighted by atomic mass is 9.89. The highest BCUT2D eigenvalue weighted by Gasteiger charge is 2.32. The van der Waals surface area contributed by atoms with Gasteiger partial charge < -0.3 is 15.3 Å². The molecule has 30 heavy (non-hydrogen) atoms. The second-order valence-corrected chi connectivity index (χ2v) is 8.83. The van der Waals surface area contributed by atoms with Crippen molar-refractivity contribution < 1.29 is 14.7 Å². The van der Waals surface area contributed by atoms with E-state index in [0.29, 0.717) is 34.6 Å². The van der Waals surface area contributed by atoms with Crippen molar-refractivity contribution >= 4 is 35.0 Å². The van der Waals surface area contributed by atoms with E-state index >= 15 is 0 Å². The number of hydrogen-bond acceptors (Lipinski definition) is 3. The van der Waals surface area contributed by atoms with Crippen LogP contribution >= 0.6 is 23.2 Å². The molecule has 0 unspecified atom stereocenters. The number of aromatic hydroxyl groups is 1. The Hall–Kier alpha value is -2.24. The highest BCUT2D eigenvalue weighted by Crippen LogP contribution is 2.32. The van der Waals surface area contributed by atoms with Crippen molar-refractivity contribution in [3.05, 3.63) is 63.6 Å². The van der Waals surface area contributed by atoms with Crippen LogP contribution in [0.1, 0.15) is 48.5 Å². The van der Waals surface area contributed by atoms with E-state index in [0.717, 1.165) is 18.4 Å². The molecular weight excluding hydrogens is 423 g/mol. The summed E-state index contributed by atoms with van der Waals surface area (Å²) in [5.41, 5.74) is 1.46. The molecule has 1 saturated heterocycles. The van der Waals surface area contributed by atoms with Crippen molar-refractivity contribution in [2.45, 2.75) is 38.6 Å². The van der Waals surface area contributed by atoms with E-state index in [-0.39, 0.29) is 23.5 Å². The van der Waals surface area contributed by atoms with E-state index in [9.17, 15) is 14.7 Å². The monoisotopic (exact) mass is 448 g/mol. The van der Waals surface area contributed by atoms with Gasteiger partial charge in [0, 0.05) is 18.7 Å². The lowest BCUT2D eigenvalue weighted by molar-refractivity contribution is -0.135. The van der Waals surface area contributed by atoms with Crippen LogP contribution in [-0.2, 0) is 4.79 Å². The van der Waals surface area contributed by atoms with Gasteiger partial charge in [-0.2, -0.15) is 0 Å². The van der Waals surface area contributed by atoms with Gasteiger partial charge in [0.2, 0.25) is 5.91 Å². The topological polar surface area (TPSA) is 69.6 Å². The number of carbonyl (C=O) groups excluding carboxylic acids is 2. The quantitative estimate of drug-likeness (QED) is 0.685. The molecule has 2 aromatic rings. The summed E-state index contributed by atoms with van der Waals surface area (Å²) >= 11 is 12.2. The number of halogens is 2. The van der Waals surface area contributed by atoms with Crippen LogP contribution in [0.25, 0.3) is 0 Å². The Morgan fingerprint density at radius 1 is 1.07 bits per heavy atom. The summed E-state index contributed by atoms with van der Waals surface area (Å²) in [5, 5.41) is 13.5. The van der Waals surface area contributed by atoms with E-state index in [2.05, 4.69) is 5.32 Å². The van der Waals surface area contributed by atoms with Crippen LogP contribution in [0.3, 0.4) is 0 Å². The predicted molar refractivity (Wildman–Crippen MR) is 119 cm³/mol. The van der Waals surface area contributed by atoms with E-state index < -0.39 is 6.04 Å². The first kappa shape index (κ1) is 22.4. The Balaban J connectivity index is 1.63. The van der Waals surface area contributed by atoms with Gasteiger partial charge in [-0.15, -0.1) is 0 Å². The third kappa shape index (κ3) is 5.27. The van der Waals surface area contributed by atoms with Gasteiger partial charge in [-0.3, -0.25) is 9.59 Å². The van der Waals surface area contributed by atoms with Crippen molar-refractivity contribution in [3.8, 4) is 5.75 Å². The van der Waals surface area contributed by atoms with Gasteiger partial charge in [0.15, 0.2) is 0 Å². The minimum atomic E-state index is -0.624. The molecule has 1 fully saturated rings. The standard InChI is InChI=1S/C23H26Cl2N2O3/c1-14(2)21(26-22(29)17-4-3-5-18(28)12-17)23(30)27-10-8-15(9-11-27)16-6-7-19(24)20(25)13-16/h3-7,12-15,21,28H,8-11H2,1-2H3,(H,26,29)/t21-/m1/s1. The van der Waals surface area contributed by atoms with Crippen LogP contribution in [0.5, 0.6) is 5.75 Å². The maximum Gasteiger partial charge on any atom is 0.252 e. The summed E-state index contributed by atoms with van der Waals surface area (Å²) in [6.07, 6.45) is 1.66. The van der Waals surface area contributed by atoms with Crippen LogP contribution in [-0.4, -0.2) is 41.0 Å². The molecule has 0 aliphatic carbocycles. The number of likely N-dealkylation sites (tertiary alicyclic amines) is 1. The van der Waals surface area contributed by atoms with Crippen molar-refractivity contribution in [1.82, 2.24) is 10.2 Å². The van der Waals surface area contributed by atoms with Gasteiger partial charge in [0.25, 0.3) is 5.91 Å². The van der Waals surface area contributed by atoms with Crippen LogP contribution in [0, 0.1) is 5.92 Å². The number of benzene rings is 2. The Labute approximate surface area is 187 Å². The first-order valence-electron chi connectivity index (χ1n) is 10.1. The smallest absolute Gasteiger partial charge is 0.252 e. The predicted octanol–water partition coefficient (Wildman–Crippen LogP) is 4.86. The van der Waals surface area contributed by atoms with Gasteiger partial charge >= 0.3 is 0 Å². The fourth-order valence-corrected chi connectivity index (χ4v) is 4.09. The van der Waals surface area contributed by atoms with E-state index in [1.807, 2.05) is 36.9 Å². The SMILES string of the molecule is CC(C)[C@@H](NC(=O)c1cccc(O)c1)C(=O)N1CCC(c2ccc(Cl)c(Cl)c2)CC1. The molecule has 3 rings (SSSR count). The van der Waals surface area contributed by atoms with Crippen molar-refractivity contribution in [2.75, 3.05) is 13.1 Å². The molecule has 1 aliphatic rings. The second kappa shape index (κ2) is 9.71. The molecule has 5 nitrogen and oxygen atoms in total. The largest absolute Gasteiger partial charge is 0.508 e. The van der Waals surface area contributed by atoms with Crippen LogP contribution in [0.4, 0.5) is 0 Å². The molecule has 0 radical (unpaired) electrons. The molecule has 0 saturated carbocycles. The maximum atomic E-state index is 13.1. The van der Waals surface area contributed by atoms with Gasteiger partial charge in [0.1, 0.15) is 11.8 Å². The molecule has 0 aromatic heterocycles. The fourth-order valence-electron chi connectivity index (χ4n) is 3.78. The Morgan fingerprint density at radius 3 is 2.37 bits per heavy atom. The number of nitrogens with one attached hydrogen (secondary N) is 1. The third-order valence-electron chi connectivity index (χ3n) is 5.55. The van der Waals surface area contributed by atoms with Gasteiger partial charge in [-0.25, -0.2) is 0 Å². The fraction of sp³-hybridized carbons (Fsp3) is 0.391. The van der Waals surface area contributed by atoms with Gasteiger partial charge in [-0.05, 0) is 60.6 Å². The number of nitrogens with zero attached hydrogens (tertiary/aromatic N) is 1. The molecular formula is C23H26Cl2N2O3. The summed E-state index contributed by atoms with van der Waals surface area (Å²) in [6.45, 7) is 5.06. The average molecular weight is 449 g/mol. The van der Waals surface area contributed by atoms with E-state index in [4.69, 9.17) is 23.2 Å². The normalized spacial score (nSPS) is 15.8. The first-order valence-corrected chi connectivity index (χ1v) is 10.9. The zero-order valence-corrected chi connectivity index (χ0v) is 18.6. The number of rotatable bonds is 5. The molecule has 2 N–H and O–H groups in total. The Bertz CT molecular complexity index is 924. The molecule has 1 atom stereocenters. The summed E-state index contributed by atoms with van der Waals surface area (Å²) in [5.74, 6) is -0.177. The minimum Gasteiger partial charge on any atom is -0.508 e. The number of piperidine rings is 1. The van der Waals surface area contributed by atoms with Crippen molar-refractivity contribution in [1.29, 1.82) is 0 Å². The van der Waals surface area contributed by atoms with Gasteiger partial charge in [-0.1, -0.05) is 49.2 Å². The summed E-state index contributed by atoms with van der Waals surface area (Å²) in [7, 11) is 0. The zero-order valence-electron chi connectivity index (χ0n) is 17.1. The van der Waals surface area contributed by atoms with E-state index in [1.54, 1.807) is 12.1 Å². The first-order chi connectivity index (χ1) is 14.3. The molecule has 7 heteroatoms. The third-order valence-corrected chi connectivity index (χ3v) is 6.29.